The van der Waals surface area contributed by atoms with Crippen LogP contribution in [0.5, 0.6) is 5.75 Å². The molecule has 20 heavy (non-hydrogen) atoms. The third-order valence-electron chi connectivity index (χ3n) is 2.75. The molecule has 0 fully saturated rings. The number of hydrogen-bond acceptors (Lipinski definition) is 4. The lowest BCUT2D eigenvalue weighted by Crippen LogP contribution is -2.08. The van der Waals surface area contributed by atoms with E-state index in [9.17, 15) is 0 Å². The molecule has 0 saturated carbocycles. The third kappa shape index (κ3) is 4.23. The number of aryl methyl sites for hydroxylation is 1. The van der Waals surface area contributed by atoms with Crippen LogP contribution in [-0.2, 0) is 6.54 Å². The number of ether oxygens (including phenoxy) is 1. The number of rotatable bonds is 6. The molecule has 0 bridgehead atoms. The van der Waals surface area contributed by atoms with Gasteiger partial charge in [-0.15, -0.1) is 0 Å². The molecule has 1 heterocycles. The van der Waals surface area contributed by atoms with Gasteiger partial charge in [0.15, 0.2) is 0 Å². The van der Waals surface area contributed by atoms with Crippen LogP contribution in [-0.4, -0.2) is 16.6 Å². The van der Waals surface area contributed by atoms with E-state index >= 15 is 0 Å². The van der Waals surface area contributed by atoms with Crippen LogP contribution in [0.15, 0.2) is 36.5 Å². The molecule has 0 radical (unpaired) electrons. The van der Waals surface area contributed by atoms with Crippen molar-refractivity contribution >= 4 is 5.69 Å². The molecule has 0 saturated heterocycles. The predicted octanol–water partition coefficient (Wildman–Crippen LogP) is 3.43. The standard InChI is InChI=1S/C16H21N3O/c1-12(2)11-20-16-7-5-4-6-15(16)18-10-14-8-9-17-13(3)19-14/h4-9,12,18H,10-11H2,1-3H3. The van der Waals surface area contributed by atoms with E-state index in [0.717, 1.165) is 23.0 Å². The molecule has 2 aromatic rings. The highest BCUT2D eigenvalue weighted by Crippen LogP contribution is 2.24. The normalized spacial score (nSPS) is 10.6. The number of hydrogen-bond donors (Lipinski definition) is 1. The largest absolute Gasteiger partial charge is 0.491 e. The van der Waals surface area contributed by atoms with Crippen LogP contribution in [0, 0.1) is 12.8 Å². The quantitative estimate of drug-likeness (QED) is 0.874. The maximum atomic E-state index is 5.82. The van der Waals surface area contributed by atoms with Gasteiger partial charge in [0.1, 0.15) is 11.6 Å². The Bertz CT molecular complexity index is 555. The summed E-state index contributed by atoms with van der Waals surface area (Å²) in [7, 11) is 0. The second kappa shape index (κ2) is 6.89. The van der Waals surface area contributed by atoms with Crippen molar-refractivity contribution in [1.29, 1.82) is 0 Å². The van der Waals surface area contributed by atoms with Gasteiger partial charge in [-0.2, -0.15) is 0 Å². The van der Waals surface area contributed by atoms with Crippen LogP contribution in [0.2, 0.25) is 0 Å². The zero-order valence-corrected chi connectivity index (χ0v) is 12.3. The van der Waals surface area contributed by atoms with Crippen LogP contribution in [0.25, 0.3) is 0 Å². The van der Waals surface area contributed by atoms with Gasteiger partial charge in [0, 0.05) is 6.20 Å². The van der Waals surface area contributed by atoms with Crippen molar-refractivity contribution in [2.24, 2.45) is 5.92 Å². The van der Waals surface area contributed by atoms with E-state index in [1.165, 1.54) is 0 Å². The first-order chi connectivity index (χ1) is 9.65. The van der Waals surface area contributed by atoms with Gasteiger partial charge in [-0.05, 0) is 31.0 Å². The Morgan fingerprint density at radius 1 is 1.20 bits per heavy atom. The second-order valence-corrected chi connectivity index (χ2v) is 5.15. The van der Waals surface area contributed by atoms with Crippen molar-refractivity contribution in [3.05, 3.63) is 48.0 Å². The molecular formula is C16H21N3O. The number of anilines is 1. The van der Waals surface area contributed by atoms with E-state index in [-0.39, 0.29) is 0 Å². The van der Waals surface area contributed by atoms with Gasteiger partial charge in [0.2, 0.25) is 0 Å². The molecule has 0 unspecified atom stereocenters. The lowest BCUT2D eigenvalue weighted by molar-refractivity contribution is 0.272. The van der Waals surface area contributed by atoms with Gasteiger partial charge in [-0.3, -0.25) is 0 Å². The molecule has 4 nitrogen and oxygen atoms in total. The molecule has 1 aromatic heterocycles. The molecule has 1 N–H and O–H groups in total. The van der Waals surface area contributed by atoms with E-state index in [1.54, 1.807) is 6.20 Å². The SMILES string of the molecule is Cc1nccc(CNc2ccccc2OCC(C)C)n1. The summed E-state index contributed by atoms with van der Waals surface area (Å²) >= 11 is 0. The monoisotopic (exact) mass is 271 g/mol. The van der Waals surface area contributed by atoms with E-state index in [4.69, 9.17) is 4.74 Å². The van der Waals surface area contributed by atoms with Gasteiger partial charge in [-0.25, -0.2) is 9.97 Å². The molecule has 0 amide bonds. The second-order valence-electron chi connectivity index (χ2n) is 5.15. The van der Waals surface area contributed by atoms with Crippen molar-refractivity contribution in [3.8, 4) is 5.75 Å². The molecule has 0 atom stereocenters. The van der Waals surface area contributed by atoms with Crippen LogP contribution in [0.1, 0.15) is 25.4 Å². The van der Waals surface area contributed by atoms with E-state index in [0.29, 0.717) is 19.1 Å². The summed E-state index contributed by atoms with van der Waals surface area (Å²) in [6.45, 7) is 7.54. The molecule has 0 aliphatic carbocycles. The van der Waals surface area contributed by atoms with Crippen LogP contribution in [0.4, 0.5) is 5.69 Å². The zero-order chi connectivity index (χ0) is 14.4. The smallest absolute Gasteiger partial charge is 0.142 e. The van der Waals surface area contributed by atoms with E-state index in [1.807, 2.05) is 37.3 Å². The summed E-state index contributed by atoms with van der Waals surface area (Å²) in [6.07, 6.45) is 1.78. The average molecular weight is 271 g/mol. The minimum Gasteiger partial charge on any atom is -0.491 e. The molecule has 4 heteroatoms. The van der Waals surface area contributed by atoms with Crippen LogP contribution < -0.4 is 10.1 Å². The van der Waals surface area contributed by atoms with E-state index < -0.39 is 0 Å². The lowest BCUT2D eigenvalue weighted by atomic mass is 10.2. The molecule has 106 valence electrons. The van der Waals surface area contributed by atoms with Gasteiger partial charge in [-0.1, -0.05) is 26.0 Å². The van der Waals surface area contributed by atoms with Crippen molar-refractivity contribution < 1.29 is 4.74 Å². The van der Waals surface area contributed by atoms with Crippen LogP contribution in [0.3, 0.4) is 0 Å². The highest BCUT2D eigenvalue weighted by Gasteiger charge is 2.04. The van der Waals surface area contributed by atoms with Crippen molar-refractivity contribution in [2.45, 2.75) is 27.3 Å². The minimum absolute atomic E-state index is 0.507. The van der Waals surface area contributed by atoms with Gasteiger partial charge in [0.05, 0.1) is 24.5 Å². The first-order valence-corrected chi connectivity index (χ1v) is 6.89. The number of aromatic nitrogens is 2. The Kier molecular flexibility index (Phi) is 4.93. The maximum absolute atomic E-state index is 5.82. The number of para-hydroxylation sites is 2. The topological polar surface area (TPSA) is 47.0 Å². The van der Waals surface area contributed by atoms with E-state index in [2.05, 4.69) is 29.1 Å². The fraction of sp³-hybridized carbons (Fsp3) is 0.375. The summed E-state index contributed by atoms with van der Waals surface area (Å²) in [6, 6.07) is 9.89. The summed E-state index contributed by atoms with van der Waals surface area (Å²) in [5, 5.41) is 3.37. The lowest BCUT2D eigenvalue weighted by Gasteiger charge is -2.14. The zero-order valence-electron chi connectivity index (χ0n) is 12.3. The molecule has 0 spiro atoms. The maximum Gasteiger partial charge on any atom is 0.142 e. The molecule has 0 aliphatic heterocycles. The summed E-state index contributed by atoms with van der Waals surface area (Å²) in [4.78, 5) is 8.48. The van der Waals surface area contributed by atoms with Crippen molar-refractivity contribution in [2.75, 3.05) is 11.9 Å². The fourth-order valence-electron chi connectivity index (χ4n) is 1.78. The Balaban J connectivity index is 2.02. The Morgan fingerprint density at radius 2 is 2.00 bits per heavy atom. The van der Waals surface area contributed by atoms with Gasteiger partial charge < -0.3 is 10.1 Å². The summed E-state index contributed by atoms with van der Waals surface area (Å²) in [5.74, 6) is 2.17. The number of nitrogens with one attached hydrogen (secondary N) is 1. The summed E-state index contributed by atoms with van der Waals surface area (Å²) in [5.41, 5.74) is 1.96. The average Bonchev–Trinajstić information content (AvgIpc) is 2.44. The Labute approximate surface area is 120 Å². The molecule has 2 rings (SSSR count). The minimum atomic E-state index is 0.507. The first-order valence-electron chi connectivity index (χ1n) is 6.89. The fourth-order valence-corrected chi connectivity index (χ4v) is 1.78. The summed E-state index contributed by atoms with van der Waals surface area (Å²) < 4.78 is 5.82. The first kappa shape index (κ1) is 14.3. The van der Waals surface area contributed by atoms with Gasteiger partial charge >= 0.3 is 0 Å². The third-order valence-corrected chi connectivity index (χ3v) is 2.75. The van der Waals surface area contributed by atoms with Crippen molar-refractivity contribution in [3.63, 3.8) is 0 Å². The highest BCUT2D eigenvalue weighted by atomic mass is 16.5. The Morgan fingerprint density at radius 3 is 2.75 bits per heavy atom. The van der Waals surface area contributed by atoms with Crippen molar-refractivity contribution in [1.82, 2.24) is 9.97 Å². The van der Waals surface area contributed by atoms with Gasteiger partial charge in [0.25, 0.3) is 0 Å². The molecule has 1 aromatic carbocycles. The number of benzene rings is 1. The Hall–Kier alpha value is -2.10. The molecule has 0 aliphatic rings. The predicted molar refractivity (Wildman–Crippen MR) is 80.9 cm³/mol. The van der Waals surface area contributed by atoms with Crippen LogP contribution >= 0.6 is 0 Å². The molecular weight excluding hydrogens is 250 g/mol. The number of nitrogens with zero attached hydrogens (tertiary/aromatic N) is 2. The highest BCUT2D eigenvalue weighted by molar-refractivity contribution is 5.56.